The van der Waals surface area contributed by atoms with Crippen LogP contribution >= 0.6 is 0 Å². The van der Waals surface area contributed by atoms with Crippen LogP contribution in [0, 0.1) is 0 Å². The van der Waals surface area contributed by atoms with Crippen molar-refractivity contribution < 1.29 is 13.2 Å². The van der Waals surface area contributed by atoms with Gasteiger partial charge in [-0.3, -0.25) is 19.1 Å². The van der Waals surface area contributed by atoms with E-state index >= 15 is 0 Å². The molecule has 3 aromatic rings. The number of nitrogens with zero attached hydrogens (tertiary/aromatic N) is 3. The predicted molar refractivity (Wildman–Crippen MR) is 100.0 cm³/mol. The number of Topliss-reactive ketones (excluding diaryl/α,β-unsaturated/α-hetero) is 1. The van der Waals surface area contributed by atoms with E-state index in [4.69, 9.17) is 0 Å². The molecule has 4 rings (SSSR count). The molecule has 0 aliphatic carbocycles. The number of hydrogen-bond acceptors (Lipinski definition) is 5. The van der Waals surface area contributed by atoms with E-state index in [2.05, 4.69) is 9.97 Å². The number of hydrogen-bond donors (Lipinski definition) is 0. The van der Waals surface area contributed by atoms with Crippen LogP contribution < -0.4 is 0 Å². The zero-order valence-electron chi connectivity index (χ0n) is 14.2. The molecule has 7 heteroatoms. The second-order valence-corrected chi connectivity index (χ2v) is 7.84. The monoisotopic (exact) mass is 377 g/mol. The molecule has 1 aliphatic rings. The number of pyridine rings is 2. The minimum Gasteiger partial charge on any atom is -0.287 e. The Morgan fingerprint density at radius 3 is 2.37 bits per heavy atom. The van der Waals surface area contributed by atoms with Gasteiger partial charge < -0.3 is 0 Å². The highest BCUT2D eigenvalue weighted by molar-refractivity contribution is 7.89. The Morgan fingerprint density at radius 1 is 0.926 bits per heavy atom. The molecule has 3 heterocycles. The van der Waals surface area contributed by atoms with Crippen molar-refractivity contribution in [3.05, 3.63) is 95.7 Å². The molecule has 0 N–H and O–H groups in total. The van der Waals surface area contributed by atoms with Crippen LogP contribution in [0.25, 0.3) is 6.08 Å². The Hall–Kier alpha value is -3.32. The quantitative estimate of drug-likeness (QED) is 0.656. The highest BCUT2D eigenvalue weighted by atomic mass is 32.2. The number of benzene rings is 1. The molecule has 0 atom stereocenters. The Kier molecular flexibility index (Phi) is 4.29. The van der Waals surface area contributed by atoms with E-state index in [0.29, 0.717) is 11.1 Å². The van der Waals surface area contributed by atoms with Crippen molar-refractivity contribution in [3.8, 4) is 0 Å². The number of allylic oxidation sites excluding steroid dienone is 1. The second kappa shape index (κ2) is 6.77. The summed E-state index contributed by atoms with van der Waals surface area (Å²) in [6.07, 6.45) is 7.95. The van der Waals surface area contributed by atoms with E-state index < -0.39 is 10.0 Å². The van der Waals surface area contributed by atoms with Gasteiger partial charge in [0, 0.05) is 30.4 Å². The summed E-state index contributed by atoms with van der Waals surface area (Å²) in [5.74, 6) is -0.340. The molecule has 0 radical (unpaired) electrons. The predicted octanol–water partition coefficient (Wildman–Crippen LogP) is 2.90. The standard InChI is InChI=1S/C20H15N3O3S/c24-20-17-7-1-2-8-19(17)27(25,26)23(14-16-6-4-10-22-13-16)18(20)11-15-5-3-9-21-12-15/h1-13H,14H2. The van der Waals surface area contributed by atoms with Crippen molar-refractivity contribution in [1.82, 2.24) is 14.3 Å². The van der Waals surface area contributed by atoms with Crippen LogP contribution in [0.1, 0.15) is 21.5 Å². The van der Waals surface area contributed by atoms with Gasteiger partial charge in [0.15, 0.2) is 0 Å². The molecule has 27 heavy (non-hydrogen) atoms. The van der Waals surface area contributed by atoms with Crippen molar-refractivity contribution in [2.75, 3.05) is 0 Å². The second-order valence-electron chi connectivity index (χ2n) is 6.01. The lowest BCUT2D eigenvalue weighted by Gasteiger charge is -2.31. The summed E-state index contributed by atoms with van der Waals surface area (Å²) in [4.78, 5) is 21.2. The smallest absolute Gasteiger partial charge is 0.265 e. The van der Waals surface area contributed by atoms with Crippen LogP contribution in [0.3, 0.4) is 0 Å². The van der Waals surface area contributed by atoms with Gasteiger partial charge in [-0.1, -0.05) is 24.3 Å². The number of sulfonamides is 1. The number of carbonyl (C=O) groups excluding carboxylic acids is 1. The lowest BCUT2D eigenvalue weighted by atomic mass is 10.1. The molecule has 0 amide bonds. The Balaban J connectivity index is 1.91. The first kappa shape index (κ1) is 17.1. The van der Waals surface area contributed by atoms with Crippen molar-refractivity contribution >= 4 is 21.9 Å². The van der Waals surface area contributed by atoms with Gasteiger partial charge in [-0.05, 0) is 41.5 Å². The van der Waals surface area contributed by atoms with Gasteiger partial charge in [-0.2, -0.15) is 0 Å². The molecule has 0 saturated heterocycles. The fourth-order valence-corrected chi connectivity index (χ4v) is 4.60. The number of aromatic nitrogens is 2. The van der Waals surface area contributed by atoms with Gasteiger partial charge in [0.1, 0.15) is 5.70 Å². The molecule has 0 fully saturated rings. The van der Waals surface area contributed by atoms with Crippen LogP contribution in [0.5, 0.6) is 0 Å². The zero-order chi connectivity index (χ0) is 18.9. The molecule has 0 spiro atoms. The maximum atomic E-state index is 13.3. The van der Waals surface area contributed by atoms with Gasteiger partial charge in [-0.25, -0.2) is 8.42 Å². The Labute approximate surface area is 156 Å². The summed E-state index contributed by atoms with van der Waals surface area (Å²) in [5, 5.41) is 0. The van der Waals surface area contributed by atoms with Gasteiger partial charge in [-0.15, -0.1) is 0 Å². The van der Waals surface area contributed by atoms with Crippen molar-refractivity contribution in [1.29, 1.82) is 0 Å². The topological polar surface area (TPSA) is 80.2 Å². The van der Waals surface area contributed by atoms with E-state index in [0.717, 1.165) is 4.31 Å². The fourth-order valence-electron chi connectivity index (χ4n) is 2.96. The van der Waals surface area contributed by atoms with E-state index in [9.17, 15) is 13.2 Å². The maximum Gasteiger partial charge on any atom is 0.265 e. The molecule has 1 aliphatic heterocycles. The molecule has 1 aromatic carbocycles. The summed E-state index contributed by atoms with van der Waals surface area (Å²) in [6.45, 7) is 0.0162. The lowest BCUT2D eigenvalue weighted by Crippen LogP contribution is -2.38. The SMILES string of the molecule is O=C1C(=Cc2cccnc2)N(Cc2cccnc2)S(=O)(=O)c2ccccc21. The van der Waals surface area contributed by atoms with Crippen LogP contribution in [0.2, 0.25) is 0 Å². The number of rotatable bonds is 3. The van der Waals surface area contributed by atoms with Crippen LogP contribution in [0.15, 0.2) is 83.9 Å². The number of ketones is 1. The first-order valence-electron chi connectivity index (χ1n) is 8.24. The molecule has 0 unspecified atom stereocenters. The fraction of sp³-hybridized carbons (Fsp3) is 0.0500. The summed E-state index contributed by atoms with van der Waals surface area (Å²) in [6, 6.07) is 13.3. The maximum absolute atomic E-state index is 13.3. The van der Waals surface area contributed by atoms with Gasteiger partial charge in [0.05, 0.1) is 11.4 Å². The molecule has 0 saturated carbocycles. The van der Waals surface area contributed by atoms with Crippen LogP contribution in [0.4, 0.5) is 0 Å². The van der Waals surface area contributed by atoms with Crippen molar-refractivity contribution in [2.24, 2.45) is 0 Å². The zero-order valence-corrected chi connectivity index (χ0v) is 15.0. The summed E-state index contributed by atoms with van der Waals surface area (Å²) >= 11 is 0. The minimum absolute atomic E-state index is 0.0160. The average Bonchev–Trinajstić information content (AvgIpc) is 2.71. The lowest BCUT2D eigenvalue weighted by molar-refractivity contribution is 0.100. The third-order valence-electron chi connectivity index (χ3n) is 4.24. The van der Waals surface area contributed by atoms with Gasteiger partial charge in [0.25, 0.3) is 10.0 Å². The molecule has 0 bridgehead atoms. The Morgan fingerprint density at radius 2 is 1.67 bits per heavy atom. The molecule has 2 aromatic heterocycles. The van der Waals surface area contributed by atoms with Crippen LogP contribution in [-0.4, -0.2) is 28.5 Å². The first-order valence-corrected chi connectivity index (χ1v) is 9.68. The van der Waals surface area contributed by atoms with Crippen molar-refractivity contribution in [3.63, 3.8) is 0 Å². The summed E-state index contributed by atoms with van der Waals surface area (Å²) < 4.78 is 27.6. The largest absolute Gasteiger partial charge is 0.287 e. The number of carbonyl (C=O) groups is 1. The molecule has 134 valence electrons. The highest BCUT2D eigenvalue weighted by Crippen LogP contribution is 2.34. The average molecular weight is 377 g/mol. The molecule has 6 nitrogen and oxygen atoms in total. The normalized spacial score (nSPS) is 17.0. The van der Waals surface area contributed by atoms with Gasteiger partial charge >= 0.3 is 0 Å². The molecular weight excluding hydrogens is 362 g/mol. The minimum atomic E-state index is -3.89. The molecular formula is C20H15N3O3S. The summed E-state index contributed by atoms with van der Waals surface area (Å²) in [5.41, 5.74) is 1.59. The van der Waals surface area contributed by atoms with Crippen molar-refractivity contribution in [2.45, 2.75) is 11.4 Å². The van der Waals surface area contributed by atoms with E-state index in [1.807, 2.05) is 0 Å². The van der Waals surface area contributed by atoms with E-state index in [1.165, 1.54) is 12.1 Å². The van der Waals surface area contributed by atoms with E-state index in [-0.39, 0.29) is 28.5 Å². The third kappa shape index (κ3) is 3.13. The van der Waals surface area contributed by atoms with Crippen LogP contribution in [-0.2, 0) is 16.6 Å². The first-order chi connectivity index (χ1) is 13.1. The Bertz CT molecular complexity index is 1130. The van der Waals surface area contributed by atoms with Gasteiger partial charge in [0.2, 0.25) is 5.78 Å². The summed E-state index contributed by atoms with van der Waals surface area (Å²) in [7, 11) is -3.89. The van der Waals surface area contributed by atoms with E-state index in [1.54, 1.807) is 67.3 Å². The number of fused-ring (bicyclic) bond motifs is 1. The highest BCUT2D eigenvalue weighted by Gasteiger charge is 2.39. The third-order valence-corrected chi connectivity index (χ3v) is 6.06.